The van der Waals surface area contributed by atoms with Crippen molar-refractivity contribution < 1.29 is 14.3 Å². The van der Waals surface area contributed by atoms with Crippen molar-refractivity contribution >= 4 is 11.8 Å². The zero-order valence-electron chi connectivity index (χ0n) is 10.4. The van der Waals surface area contributed by atoms with E-state index in [1.54, 1.807) is 7.05 Å². The summed E-state index contributed by atoms with van der Waals surface area (Å²) in [6.45, 7) is 2.84. The molecule has 96 valence electrons. The van der Waals surface area contributed by atoms with Gasteiger partial charge in [-0.2, -0.15) is 0 Å². The Bertz CT molecular complexity index is 319. The highest BCUT2D eigenvalue weighted by molar-refractivity contribution is 6.05. The number of ether oxygens (including phenoxy) is 1. The summed E-state index contributed by atoms with van der Waals surface area (Å²) in [7, 11) is 1.55. The topological polar surface area (TPSA) is 58.6 Å². The minimum atomic E-state index is -0.326. The molecule has 2 heterocycles. The second-order valence-corrected chi connectivity index (χ2v) is 4.84. The summed E-state index contributed by atoms with van der Waals surface area (Å²) in [6.07, 6.45) is 3.42. The quantitative estimate of drug-likeness (QED) is 0.720. The van der Waals surface area contributed by atoms with Gasteiger partial charge in [0, 0.05) is 19.7 Å². The third-order valence-electron chi connectivity index (χ3n) is 3.64. The summed E-state index contributed by atoms with van der Waals surface area (Å²) in [4.78, 5) is 24.4. The fraction of sp³-hybridized carbons (Fsp3) is 0.833. The molecule has 2 aliphatic heterocycles. The molecule has 2 fully saturated rings. The number of carbonyl (C=O) groups is 2. The van der Waals surface area contributed by atoms with Crippen molar-refractivity contribution in [1.29, 1.82) is 0 Å². The summed E-state index contributed by atoms with van der Waals surface area (Å²) in [5.41, 5.74) is 0. The second-order valence-electron chi connectivity index (χ2n) is 4.84. The van der Waals surface area contributed by atoms with Crippen molar-refractivity contribution in [2.45, 2.75) is 50.8 Å². The molecule has 0 radical (unpaired) electrons. The molecule has 0 aliphatic carbocycles. The molecule has 0 saturated carbocycles. The predicted octanol–water partition coefficient (Wildman–Crippen LogP) is 0.291. The van der Waals surface area contributed by atoms with E-state index >= 15 is 0 Å². The van der Waals surface area contributed by atoms with Gasteiger partial charge >= 0.3 is 0 Å². The predicted molar refractivity (Wildman–Crippen MR) is 62.4 cm³/mol. The van der Waals surface area contributed by atoms with Crippen LogP contribution in [0.4, 0.5) is 0 Å². The molecule has 0 spiro atoms. The minimum absolute atomic E-state index is 0.0911. The number of likely N-dealkylation sites (N-methyl/N-ethyl adjacent to an activating group) is 1. The first-order valence-corrected chi connectivity index (χ1v) is 6.29. The smallest absolute Gasteiger partial charge is 0.246 e. The Morgan fingerprint density at radius 3 is 2.82 bits per heavy atom. The van der Waals surface area contributed by atoms with E-state index < -0.39 is 0 Å². The summed E-state index contributed by atoms with van der Waals surface area (Å²) < 4.78 is 5.59. The van der Waals surface area contributed by atoms with Crippen LogP contribution in [0.3, 0.4) is 0 Å². The monoisotopic (exact) mass is 240 g/mol. The van der Waals surface area contributed by atoms with E-state index in [2.05, 4.69) is 12.2 Å². The van der Waals surface area contributed by atoms with Gasteiger partial charge < -0.3 is 10.1 Å². The lowest BCUT2D eigenvalue weighted by atomic mass is 10.0. The van der Waals surface area contributed by atoms with Crippen LogP contribution < -0.4 is 5.32 Å². The molecule has 2 saturated heterocycles. The van der Waals surface area contributed by atoms with E-state index in [0.717, 1.165) is 25.9 Å². The van der Waals surface area contributed by atoms with Crippen molar-refractivity contribution in [3.63, 3.8) is 0 Å². The van der Waals surface area contributed by atoms with Crippen LogP contribution in [0.1, 0.15) is 32.6 Å². The van der Waals surface area contributed by atoms with Gasteiger partial charge in [0.25, 0.3) is 0 Å². The Morgan fingerprint density at radius 1 is 1.47 bits per heavy atom. The number of imide groups is 1. The molecule has 3 unspecified atom stereocenters. The van der Waals surface area contributed by atoms with E-state index in [1.807, 2.05) is 0 Å². The average molecular weight is 240 g/mol. The number of rotatable bonds is 3. The summed E-state index contributed by atoms with van der Waals surface area (Å²) in [5.74, 6) is -0.193. The number of carbonyl (C=O) groups excluding carboxylic acids is 2. The van der Waals surface area contributed by atoms with Crippen LogP contribution in [-0.2, 0) is 14.3 Å². The second kappa shape index (κ2) is 5.14. The highest BCUT2D eigenvalue weighted by Gasteiger charge is 2.37. The van der Waals surface area contributed by atoms with Crippen LogP contribution in [-0.4, -0.2) is 48.6 Å². The van der Waals surface area contributed by atoms with E-state index in [4.69, 9.17) is 4.74 Å². The highest BCUT2D eigenvalue weighted by atomic mass is 16.5. The van der Waals surface area contributed by atoms with Gasteiger partial charge in [-0.3, -0.25) is 14.5 Å². The maximum Gasteiger partial charge on any atom is 0.246 e. The minimum Gasteiger partial charge on any atom is -0.378 e. The molecule has 1 N–H and O–H groups in total. The third kappa shape index (κ3) is 2.66. The lowest BCUT2D eigenvalue weighted by Crippen LogP contribution is -2.47. The van der Waals surface area contributed by atoms with Gasteiger partial charge in [0.05, 0.1) is 18.6 Å². The fourth-order valence-electron chi connectivity index (χ4n) is 2.49. The van der Waals surface area contributed by atoms with E-state index in [0.29, 0.717) is 12.5 Å². The molecule has 0 aromatic heterocycles. The molecule has 2 rings (SSSR count). The normalized spacial score (nSPS) is 34.5. The SMILES string of the molecule is CCC1CC(NC2CC(=O)N(C)C2=O)CCO1. The van der Waals surface area contributed by atoms with Gasteiger partial charge in [-0.1, -0.05) is 6.92 Å². The van der Waals surface area contributed by atoms with Crippen LogP contribution in [0.15, 0.2) is 0 Å². The zero-order chi connectivity index (χ0) is 12.4. The molecule has 2 aliphatic rings. The Balaban J connectivity index is 1.89. The van der Waals surface area contributed by atoms with Gasteiger partial charge in [-0.05, 0) is 19.3 Å². The van der Waals surface area contributed by atoms with Crippen molar-refractivity contribution in [3.8, 4) is 0 Å². The number of nitrogens with zero attached hydrogens (tertiary/aromatic N) is 1. The summed E-state index contributed by atoms with van der Waals surface area (Å²) in [6, 6.07) is -0.0324. The number of hydrogen-bond donors (Lipinski definition) is 1. The van der Waals surface area contributed by atoms with Gasteiger partial charge in [-0.25, -0.2) is 0 Å². The first-order chi connectivity index (χ1) is 8.11. The zero-order valence-corrected chi connectivity index (χ0v) is 10.4. The van der Waals surface area contributed by atoms with Gasteiger partial charge in [0.15, 0.2) is 0 Å². The van der Waals surface area contributed by atoms with Crippen molar-refractivity contribution in [3.05, 3.63) is 0 Å². The highest BCUT2D eigenvalue weighted by Crippen LogP contribution is 2.19. The molecule has 5 heteroatoms. The molecular formula is C12H20N2O3. The lowest BCUT2D eigenvalue weighted by Gasteiger charge is -2.31. The standard InChI is InChI=1S/C12H20N2O3/c1-3-9-6-8(4-5-17-9)13-10-7-11(15)14(2)12(10)16/h8-10,13H,3-7H2,1-2H3. The van der Waals surface area contributed by atoms with Crippen LogP contribution in [0.25, 0.3) is 0 Å². The van der Waals surface area contributed by atoms with E-state index in [-0.39, 0.29) is 24.0 Å². The van der Waals surface area contributed by atoms with Gasteiger partial charge in [-0.15, -0.1) is 0 Å². The number of hydrogen-bond acceptors (Lipinski definition) is 4. The maximum atomic E-state index is 11.8. The fourth-order valence-corrected chi connectivity index (χ4v) is 2.49. The molecule has 17 heavy (non-hydrogen) atoms. The Morgan fingerprint density at radius 2 is 2.24 bits per heavy atom. The van der Waals surface area contributed by atoms with Crippen molar-refractivity contribution in [2.75, 3.05) is 13.7 Å². The van der Waals surface area contributed by atoms with Crippen LogP contribution >= 0.6 is 0 Å². The molecular weight excluding hydrogens is 220 g/mol. The largest absolute Gasteiger partial charge is 0.378 e. The molecule has 0 bridgehead atoms. The molecule has 0 aromatic carbocycles. The molecule has 2 amide bonds. The Labute approximate surface area is 101 Å². The van der Waals surface area contributed by atoms with Gasteiger partial charge in [0.1, 0.15) is 0 Å². The van der Waals surface area contributed by atoms with E-state index in [1.165, 1.54) is 4.90 Å². The lowest BCUT2D eigenvalue weighted by molar-refractivity contribution is -0.137. The van der Waals surface area contributed by atoms with Crippen molar-refractivity contribution in [1.82, 2.24) is 10.2 Å². The average Bonchev–Trinajstić information content (AvgIpc) is 2.57. The van der Waals surface area contributed by atoms with Gasteiger partial charge in [0.2, 0.25) is 11.8 Å². The number of amides is 2. The maximum absolute atomic E-state index is 11.8. The first-order valence-electron chi connectivity index (χ1n) is 6.29. The molecule has 0 aromatic rings. The molecule has 3 atom stereocenters. The molecule has 5 nitrogen and oxygen atoms in total. The van der Waals surface area contributed by atoms with Crippen LogP contribution in [0, 0.1) is 0 Å². The third-order valence-corrected chi connectivity index (χ3v) is 3.64. The van der Waals surface area contributed by atoms with Crippen LogP contribution in [0.5, 0.6) is 0 Å². The Hall–Kier alpha value is -0.940. The Kier molecular flexibility index (Phi) is 3.79. The van der Waals surface area contributed by atoms with Crippen molar-refractivity contribution in [2.24, 2.45) is 0 Å². The number of likely N-dealkylation sites (tertiary alicyclic amines) is 1. The van der Waals surface area contributed by atoms with E-state index in [9.17, 15) is 9.59 Å². The van der Waals surface area contributed by atoms with Crippen LogP contribution in [0.2, 0.25) is 0 Å². The summed E-state index contributed by atoms with van der Waals surface area (Å²) >= 11 is 0. The summed E-state index contributed by atoms with van der Waals surface area (Å²) in [5, 5.41) is 3.30. The number of nitrogens with one attached hydrogen (secondary N) is 1. The first kappa shape index (κ1) is 12.5.